The first kappa shape index (κ1) is 18.3. The number of hydrogen-bond acceptors (Lipinski definition) is 4. The monoisotopic (exact) mass is 365 g/mol. The summed E-state index contributed by atoms with van der Waals surface area (Å²) in [7, 11) is 6.11. The summed E-state index contributed by atoms with van der Waals surface area (Å²) < 4.78 is 15.4. The maximum absolute atomic E-state index is 13.2. The molecule has 1 aliphatic heterocycles. The number of likely N-dealkylation sites (tertiary alicyclic amines) is 1. The second-order valence-electron chi connectivity index (χ2n) is 7.08. The summed E-state index contributed by atoms with van der Waals surface area (Å²) in [4.78, 5) is 4.46. The molecule has 5 nitrogen and oxygen atoms in total. The van der Waals surface area contributed by atoms with Gasteiger partial charge in [-0.3, -0.25) is 4.90 Å². The fraction of sp³-hybridized carbons (Fsp3) is 0.556. The van der Waals surface area contributed by atoms with Crippen molar-refractivity contribution in [3.63, 3.8) is 0 Å². The van der Waals surface area contributed by atoms with Crippen molar-refractivity contribution >= 4 is 11.6 Å². The first-order chi connectivity index (χ1) is 11.9. The Morgan fingerprint density at radius 1 is 1.32 bits per heavy atom. The van der Waals surface area contributed by atoms with Gasteiger partial charge in [0.2, 0.25) is 0 Å². The van der Waals surface area contributed by atoms with Gasteiger partial charge < -0.3 is 9.47 Å². The summed E-state index contributed by atoms with van der Waals surface area (Å²) in [6, 6.07) is 4.63. The second-order valence-corrected chi connectivity index (χ2v) is 7.49. The minimum atomic E-state index is -0.294. The molecule has 7 heteroatoms. The molecule has 1 aliphatic rings. The Bertz CT molecular complexity index is 730. The van der Waals surface area contributed by atoms with E-state index in [2.05, 4.69) is 24.6 Å². The van der Waals surface area contributed by atoms with Crippen molar-refractivity contribution < 1.29 is 4.39 Å². The molecule has 0 bridgehead atoms. The maximum atomic E-state index is 13.2. The third kappa shape index (κ3) is 4.37. The van der Waals surface area contributed by atoms with E-state index in [-0.39, 0.29) is 5.82 Å². The van der Waals surface area contributed by atoms with Crippen LogP contribution in [0.5, 0.6) is 0 Å². The zero-order valence-corrected chi connectivity index (χ0v) is 15.8. The van der Waals surface area contributed by atoms with Crippen molar-refractivity contribution in [1.82, 2.24) is 24.6 Å². The predicted molar refractivity (Wildman–Crippen MR) is 97.1 cm³/mol. The van der Waals surface area contributed by atoms with Crippen molar-refractivity contribution in [1.29, 1.82) is 0 Å². The third-order valence-corrected chi connectivity index (χ3v) is 5.09. The molecule has 1 atom stereocenters. The molecule has 0 saturated carbocycles. The third-order valence-electron chi connectivity index (χ3n) is 4.74. The minimum absolute atomic E-state index is 0.294. The van der Waals surface area contributed by atoms with Gasteiger partial charge in [0.25, 0.3) is 0 Å². The van der Waals surface area contributed by atoms with Gasteiger partial charge in [-0.05, 0) is 51.2 Å². The van der Waals surface area contributed by atoms with Gasteiger partial charge >= 0.3 is 0 Å². The van der Waals surface area contributed by atoms with Gasteiger partial charge in [0.05, 0.1) is 6.54 Å². The number of aromatic nitrogens is 3. The average Bonchev–Trinajstić information content (AvgIpc) is 2.91. The van der Waals surface area contributed by atoms with Gasteiger partial charge in [0.15, 0.2) is 0 Å². The van der Waals surface area contributed by atoms with Gasteiger partial charge in [0, 0.05) is 31.1 Å². The molecule has 0 aliphatic carbocycles. The van der Waals surface area contributed by atoms with E-state index in [9.17, 15) is 4.39 Å². The normalized spacial score (nSPS) is 18.9. The summed E-state index contributed by atoms with van der Waals surface area (Å²) in [6.45, 7) is 3.46. The summed E-state index contributed by atoms with van der Waals surface area (Å²) >= 11 is 6.18. The van der Waals surface area contributed by atoms with Crippen LogP contribution in [0, 0.1) is 5.82 Å². The number of hydrogen-bond donors (Lipinski definition) is 0. The summed E-state index contributed by atoms with van der Waals surface area (Å²) in [5.74, 6) is 2.10. The van der Waals surface area contributed by atoms with Crippen LogP contribution in [-0.2, 0) is 20.1 Å². The van der Waals surface area contributed by atoms with E-state index in [0.29, 0.717) is 10.9 Å². The topological polar surface area (TPSA) is 37.2 Å². The molecule has 0 radical (unpaired) electrons. The van der Waals surface area contributed by atoms with E-state index in [0.717, 1.165) is 56.2 Å². The first-order valence-corrected chi connectivity index (χ1v) is 9.01. The molecule has 1 aromatic heterocycles. The van der Waals surface area contributed by atoms with E-state index in [1.807, 2.05) is 21.1 Å². The lowest BCUT2D eigenvalue weighted by molar-refractivity contribution is 0.195. The van der Waals surface area contributed by atoms with Crippen LogP contribution in [0.2, 0.25) is 5.02 Å². The van der Waals surface area contributed by atoms with E-state index in [1.54, 1.807) is 6.07 Å². The van der Waals surface area contributed by atoms with Crippen LogP contribution >= 0.6 is 11.6 Å². The van der Waals surface area contributed by atoms with Gasteiger partial charge in [-0.1, -0.05) is 17.7 Å². The van der Waals surface area contributed by atoms with Crippen LogP contribution in [0.4, 0.5) is 4.39 Å². The summed E-state index contributed by atoms with van der Waals surface area (Å²) in [6.07, 6.45) is 2.22. The van der Waals surface area contributed by atoms with E-state index < -0.39 is 0 Å². The van der Waals surface area contributed by atoms with Crippen LogP contribution in [0.1, 0.15) is 36.0 Å². The fourth-order valence-electron chi connectivity index (χ4n) is 3.45. The number of halogens is 2. The molecule has 0 amide bonds. The number of benzene rings is 1. The molecule has 0 N–H and O–H groups in total. The molecule has 0 spiro atoms. The molecular weight excluding hydrogens is 341 g/mol. The Kier molecular flexibility index (Phi) is 5.71. The Balaban J connectivity index is 1.70. The van der Waals surface area contributed by atoms with Gasteiger partial charge in [-0.25, -0.2) is 4.39 Å². The Morgan fingerprint density at radius 3 is 2.84 bits per heavy atom. The van der Waals surface area contributed by atoms with Crippen molar-refractivity contribution in [3.05, 3.63) is 46.3 Å². The van der Waals surface area contributed by atoms with Crippen LogP contribution in [0.15, 0.2) is 18.2 Å². The number of nitrogens with zero attached hydrogens (tertiary/aromatic N) is 5. The molecule has 1 fully saturated rings. The predicted octanol–water partition coefficient (Wildman–Crippen LogP) is 3.05. The van der Waals surface area contributed by atoms with E-state index >= 15 is 0 Å². The molecule has 25 heavy (non-hydrogen) atoms. The Morgan fingerprint density at radius 2 is 2.12 bits per heavy atom. The van der Waals surface area contributed by atoms with Crippen molar-refractivity contribution in [2.45, 2.75) is 31.8 Å². The molecular formula is C18H25ClFN5. The van der Waals surface area contributed by atoms with Crippen molar-refractivity contribution in [3.8, 4) is 0 Å². The number of rotatable bonds is 5. The fourth-order valence-corrected chi connectivity index (χ4v) is 3.68. The Hall–Kier alpha value is -1.50. The quantitative estimate of drug-likeness (QED) is 0.816. The highest BCUT2D eigenvalue weighted by atomic mass is 35.5. The molecule has 2 aromatic rings. The lowest BCUT2D eigenvalue weighted by atomic mass is 9.96. The van der Waals surface area contributed by atoms with Gasteiger partial charge in [-0.2, -0.15) is 0 Å². The molecule has 0 unspecified atom stereocenters. The molecule has 1 saturated heterocycles. The molecule has 1 aromatic carbocycles. The maximum Gasteiger partial charge on any atom is 0.146 e. The second kappa shape index (κ2) is 7.81. The van der Waals surface area contributed by atoms with Gasteiger partial charge in [0.1, 0.15) is 17.5 Å². The van der Waals surface area contributed by atoms with Crippen LogP contribution in [0.3, 0.4) is 0 Å². The smallest absolute Gasteiger partial charge is 0.146 e. The highest BCUT2D eigenvalue weighted by Crippen LogP contribution is 2.28. The van der Waals surface area contributed by atoms with Crippen LogP contribution < -0.4 is 0 Å². The zero-order chi connectivity index (χ0) is 18.0. The summed E-state index contributed by atoms with van der Waals surface area (Å²) in [5.41, 5.74) is 0.968. The lowest BCUT2D eigenvalue weighted by Gasteiger charge is -2.32. The molecule has 136 valence electrons. The largest absolute Gasteiger partial charge is 0.317 e. The van der Waals surface area contributed by atoms with Crippen LogP contribution in [0.25, 0.3) is 0 Å². The standard InChI is InChI=1S/C18H25ClFN5/c1-23(2)12-17-21-22-18(24(17)3)14-5-4-8-25(11-14)10-13-6-7-15(20)9-16(13)19/h6-7,9,14H,4-5,8,10-12H2,1-3H3/t14-/m0/s1. The SMILES string of the molecule is CN(C)Cc1nnc([C@H]2CCCN(Cc3ccc(F)cc3Cl)C2)n1C. The van der Waals surface area contributed by atoms with Crippen molar-refractivity contribution in [2.75, 3.05) is 27.2 Å². The van der Waals surface area contributed by atoms with Gasteiger partial charge in [-0.15, -0.1) is 10.2 Å². The average molecular weight is 366 g/mol. The van der Waals surface area contributed by atoms with Crippen LogP contribution in [-0.4, -0.2) is 51.7 Å². The Labute approximate surface area is 153 Å². The summed E-state index contributed by atoms with van der Waals surface area (Å²) in [5, 5.41) is 9.30. The first-order valence-electron chi connectivity index (χ1n) is 8.63. The van der Waals surface area contributed by atoms with E-state index in [4.69, 9.17) is 11.6 Å². The minimum Gasteiger partial charge on any atom is -0.317 e. The van der Waals surface area contributed by atoms with Crippen molar-refractivity contribution in [2.24, 2.45) is 7.05 Å². The highest BCUT2D eigenvalue weighted by Gasteiger charge is 2.26. The number of piperidine rings is 1. The van der Waals surface area contributed by atoms with E-state index in [1.165, 1.54) is 12.1 Å². The molecule has 3 rings (SSSR count). The highest BCUT2D eigenvalue weighted by molar-refractivity contribution is 6.31. The zero-order valence-electron chi connectivity index (χ0n) is 15.0. The lowest BCUT2D eigenvalue weighted by Crippen LogP contribution is -2.35. The molecule has 2 heterocycles.